The summed E-state index contributed by atoms with van der Waals surface area (Å²) in [5, 5.41) is 6.02. The molecular formula is C26H16N2O8S2-2. The quantitative estimate of drug-likeness (QED) is 0.298. The molecule has 0 bridgehead atoms. The molecule has 0 fully saturated rings. The number of benzene rings is 4. The van der Waals surface area contributed by atoms with Gasteiger partial charge in [0.25, 0.3) is 0 Å². The average molecular weight is 549 g/mol. The van der Waals surface area contributed by atoms with Gasteiger partial charge in [0.1, 0.15) is 20.2 Å². The van der Waals surface area contributed by atoms with Gasteiger partial charge in [-0.3, -0.25) is 9.59 Å². The van der Waals surface area contributed by atoms with E-state index in [0.717, 1.165) is 24.3 Å². The molecule has 0 radical (unpaired) electrons. The summed E-state index contributed by atoms with van der Waals surface area (Å²) in [4.78, 5) is 26.3. The van der Waals surface area contributed by atoms with Gasteiger partial charge in [0, 0.05) is 22.5 Å². The molecule has 12 heteroatoms. The van der Waals surface area contributed by atoms with Crippen LogP contribution in [0.3, 0.4) is 0 Å². The first-order chi connectivity index (χ1) is 17.9. The largest absolute Gasteiger partial charge is 0.744 e. The van der Waals surface area contributed by atoms with E-state index in [9.17, 15) is 35.5 Å². The van der Waals surface area contributed by atoms with Gasteiger partial charge >= 0.3 is 0 Å². The van der Waals surface area contributed by atoms with Gasteiger partial charge in [-0.25, -0.2) is 16.8 Å². The maximum Gasteiger partial charge on any atom is 0.196 e. The highest BCUT2D eigenvalue weighted by Gasteiger charge is 2.34. The van der Waals surface area contributed by atoms with E-state index in [4.69, 9.17) is 0 Å². The van der Waals surface area contributed by atoms with Crippen molar-refractivity contribution >= 4 is 54.6 Å². The van der Waals surface area contributed by atoms with Gasteiger partial charge in [-0.2, -0.15) is 0 Å². The topological polar surface area (TPSA) is 173 Å². The van der Waals surface area contributed by atoms with E-state index in [1.54, 1.807) is 36.4 Å². The van der Waals surface area contributed by atoms with Crippen LogP contribution < -0.4 is 10.6 Å². The van der Waals surface area contributed by atoms with Crippen LogP contribution in [0, 0.1) is 0 Å². The zero-order chi connectivity index (χ0) is 27.2. The second-order valence-electron chi connectivity index (χ2n) is 8.32. The van der Waals surface area contributed by atoms with Crippen LogP contribution in [0.2, 0.25) is 0 Å². The molecule has 1 aliphatic rings. The molecule has 0 heterocycles. The van der Waals surface area contributed by atoms with Gasteiger partial charge in [0.05, 0.1) is 32.3 Å². The molecule has 1 aliphatic carbocycles. The summed E-state index contributed by atoms with van der Waals surface area (Å²) < 4.78 is 67.4. The smallest absolute Gasteiger partial charge is 0.196 e. The van der Waals surface area contributed by atoms with E-state index < -0.39 is 41.6 Å². The second-order valence-corrected chi connectivity index (χ2v) is 11.1. The molecule has 2 N–H and O–H groups in total. The number of hydrogen-bond donors (Lipinski definition) is 2. The molecule has 4 aromatic carbocycles. The third-order valence-corrected chi connectivity index (χ3v) is 7.62. The zero-order valence-corrected chi connectivity index (χ0v) is 20.8. The minimum atomic E-state index is -4.64. The lowest BCUT2D eigenvalue weighted by Crippen LogP contribution is -2.23. The van der Waals surface area contributed by atoms with Crippen molar-refractivity contribution < 1.29 is 35.5 Å². The number of rotatable bonds is 6. The van der Waals surface area contributed by atoms with Crippen LogP contribution in [0.4, 0.5) is 22.7 Å². The second kappa shape index (κ2) is 9.19. The Kier molecular flexibility index (Phi) is 6.12. The monoisotopic (exact) mass is 548 g/mol. The number of nitrogens with one attached hydrogen (secondary N) is 2. The molecule has 192 valence electrons. The van der Waals surface area contributed by atoms with Crippen LogP contribution in [0.15, 0.2) is 94.7 Å². The molecule has 0 amide bonds. The van der Waals surface area contributed by atoms with E-state index in [1.165, 1.54) is 24.3 Å². The van der Waals surface area contributed by atoms with Crippen molar-refractivity contribution in [1.82, 2.24) is 0 Å². The van der Waals surface area contributed by atoms with Crippen LogP contribution in [0.5, 0.6) is 0 Å². The van der Waals surface area contributed by atoms with Gasteiger partial charge in [-0.15, -0.1) is 0 Å². The fourth-order valence-corrected chi connectivity index (χ4v) is 5.09. The van der Waals surface area contributed by atoms with Crippen LogP contribution in [-0.4, -0.2) is 37.5 Å². The van der Waals surface area contributed by atoms with E-state index in [1.807, 2.05) is 0 Å². The fraction of sp³-hybridized carbons (Fsp3) is 0. The lowest BCUT2D eigenvalue weighted by molar-refractivity contribution is 0.0980. The maximum absolute atomic E-state index is 13.6. The number of anilines is 4. The average Bonchev–Trinajstić information content (AvgIpc) is 2.87. The Hall–Kier alpha value is -4.36. The summed E-state index contributed by atoms with van der Waals surface area (Å²) in [6, 6.07) is 19.4. The molecule has 0 saturated carbocycles. The van der Waals surface area contributed by atoms with E-state index in [2.05, 4.69) is 10.6 Å². The Morgan fingerprint density at radius 1 is 0.500 bits per heavy atom. The summed E-state index contributed by atoms with van der Waals surface area (Å²) >= 11 is 0. The third-order valence-electron chi connectivity index (χ3n) is 5.92. The molecule has 4 aromatic rings. The normalized spacial score (nSPS) is 13.0. The van der Waals surface area contributed by atoms with E-state index in [0.29, 0.717) is 11.4 Å². The van der Waals surface area contributed by atoms with Crippen molar-refractivity contribution in [2.24, 2.45) is 0 Å². The van der Waals surface area contributed by atoms with E-state index in [-0.39, 0.29) is 33.6 Å². The Labute approximate surface area is 217 Å². The molecule has 10 nitrogen and oxygen atoms in total. The maximum atomic E-state index is 13.6. The predicted molar refractivity (Wildman–Crippen MR) is 135 cm³/mol. The molecule has 38 heavy (non-hydrogen) atoms. The minimum absolute atomic E-state index is 0.0676. The van der Waals surface area contributed by atoms with Crippen molar-refractivity contribution in [1.29, 1.82) is 0 Å². The predicted octanol–water partition coefficient (Wildman–Crippen LogP) is 3.76. The Bertz CT molecular complexity index is 1700. The first-order valence-corrected chi connectivity index (χ1v) is 13.8. The van der Waals surface area contributed by atoms with Crippen molar-refractivity contribution in [2.75, 3.05) is 10.6 Å². The first kappa shape index (κ1) is 25.3. The van der Waals surface area contributed by atoms with Crippen LogP contribution in [0.1, 0.15) is 31.8 Å². The van der Waals surface area contributed by atoms with Crippen molar-refractivity contribution in [2.45, 2.75) is 9.79 Å². The molecule has 0 saturated heterocycles. The zero-order valence-electron chi connectivity index (χ0n) is 19.2. The fourth-order valence-electron chi connectivity index (χ4n) is 4.15. The molecular weight excluding hydrogens is 532 g/mol. The SMILES string of the molecule is O=C1c2ccccc2C(=O)c2c(Nc3ccc(S(=O)(=O)[O-])cc3)ccc(Nc3ccc(S(=O)(=O)[O-])cc3)c21. The van der Waals surface area contributed by atoms with Gasteiger partial charge in [-0.1, -0.05) is 24.3 Å². The first-order valence-electron chi connectivity index (χ1n) is 10.9. The molecule has 0 aromatic heterocycles. The standard InChI is InChI=1S/C26H18N2O8S2/c29-25-19-3-1-2-4-20(19)26(30)24-22(28-16-7-11-18(12-8-16)38(34,35)36)14-13-21(23(24)25)27-15-5-9-17(10-6-15)37(31,32)33/h1-14,27-28H,(H,31,32,33)(H,34,35,36)/p-2. The lowest BCUT2D eigenvalue weighted by Gasteiger charge is -2.24. The number of hydrogen-bond acceptors (Lipinski definition) is 10. The Morgan fingerprint density at radius 2 is 0.842 bits per heavy atom. The highest BCUT2D eigenvalue weighted by atomic mass is 32.2. The lowest BCUT2D eigenvalue weighted by atomic mass is 9.82. The summed E-state index contributed by atoms with van der Waals surface area (Å²) in [5.74, 6) is -0.846. The number of carbonyl (C=O) groups excluding carboxylic acids is 2. The van der Waals surface area contributed by atoms with Crippen LogP contribution in [0.25, 0.3) is 0 Å². The molecule has 0 aliphatic heterocycles. The Morgan fingerprint density at radius 3 is 1.16 bits per heavy atom. The van der Waals surface area contributed by atoms with Gasteiger partial charge in [-0.05, 0) is 60.7 Å². The summed E-state index contributed by atoms with van der Waals surface area (Å²) in [7, 11) is -9.28. The van der Waals surface area contributed by atoms with Crippen molar-refractivity contribution in [3.8, 4) is 0 Å². The van der Waals surface area contributed by atoms with Gasteiger partial charge in [0.15, 0.2) is 11.6 Å². The third kappa shape index (κ3) is 4.68. The summed E-state index contributed by atoms with van der Waals surface area (Å²) in [6.07, 6.45) is 0. The summed E-state index contributed by atoms with van der Waals surface area (Å²) in [5.41, 5.74) is 1.83. The highest BCUT2D eigenvalue weighted by Crippen LogP contribution is 2.38. The van der Waals surface area contributed by atoms with Crippen LogP contribution in [-0.2, 0) is 20.2 Å². The van der Waals surface area contributed by atoms with Crippen molar-refractivity contribution in [3.05, 3.63) is 107 Å². The number of carbonyl (C=O) groups is 2. The molecule has 0 unspecified atom stereocenters. The highest BCUT2D eigenvalue weighted by molar-refractivity contribution is 7.86. The Balaban J connectivity index is 1.60. The summed E-state index contributed by atoms with van der Waals surface area (Å²) in [6.45, 7) is 0. The van der Waals surface area contributed by atoms with Gasteiger partial charge < -0.3 is 19.7 Å². The minimum Gasteiger partial charge on any atom is -0.744 e. The van der Waals surface area contributed by atoms with Crippen molar-refractivity contribution in [3.63, 3.8) is 0 Å². The van der Waals surface area contributed by atoms with Crippen LogP contribution >= 0.6 is 0 Å². The molecule has 5 rings (SSSR count). The van der Waals surface area contributed by atoms with Gasteiger partial charge in [0.2, 0.25) is 0 Å². The number of fused-ring (bicyclic) bond motifs is 2. The molecule has 0 spiro atoms. The number of ketones is 2. The van der Waals surface area contributed by atoms with E-state index >= 15 is 0 Å². The molecule has 0 atom stereocenters.